The summed E-state index contributed by atoms with van der Waals surface area (Å²) >= 11 is 0. The van der Waals surface area contributed by atoms with Crippen LogP contribution in [-0.2, 0) is 6.54 Å². The molecule has 26 heavy (non-hydrogen) atoms. The van der Waals surface area contributed by atoms with Crippen LogP contribution < -0.4 is 9.80 Å². The van der Waals surface area contributed by atoms with Gasteiger partial charge in [0.05, 0.1) is 24.5 Å². The Kier molecular flexibility index (Phi) is 4.66. The van der Waals surface area contributed by atoms with Crippen LogP contribution in [-0.4, -0.2) is 76.7 Å². The fourth-order valence-electron chi connectivity index (χ4n) is 3.40. The van der Waals surface area contributed by atoms with Crippen molar-refractivity contribution < 1.29 is 0 Å². The summed E-state index contributed by atoms with van der Waals surface area (Å²) in [6.07, 6.45) is 5.08. The first kappa shape index (κ1) is 16.7. The Morgan fingerprint density at radius 3 is 2.46 bits per heavy atom. The summed E-state index contributed by atoms with van der Waals surface area (Å²) in [5.74, 6) is 0.960. The summed E-state index contributed by atoms with van der Waals surface area (Å²) in [5, 5.41) is 9.43. The van der Waals surface area contributed by atoms with Crippen LogP contribution >= 0.6 is 0 Å². The second-order valence-electron chi connectivity index (χ2n) is 6.75. The van der Waals surface area contributed by atoms with Crippen molar-refractivity contribution in [2.24, 2.45) is 0 Å². The maximum atomic E-state index is 4.43. The minimum Gasteiger partial charge on any atom is -0.369 e. The molecule has 8 nitrogen and oxygen atoms in total. The average molecular weight is 352 g/mol. The Morgan fingerprint density at radius 2 is 1.73 bits per heavy atom. The minimum absolute atomic E-state index is 0.840. The van der Waals surface area contributed by atoms with E-state index in [1.54, 1.807) is 23.5 Å². The lowest BCUT2D eigenvalue weighted by molar-refractivity contribution is 0.239. The van der Waals surface area contributed by atoms with Crippen molar-refractivity contribution in [2.45, 2.75) is 6.54 Å². The molecule has 1 aromatic carbocycles. The lowest BCUT2D eigenvalue weighted by Crippen LogP contribution is -2.47. The number of fused-ring (bicyclic) bond motifs is 1. The normalized spacial score (nSPS) is 15.5. The summed E-state index contributed by atoms with van der Waals surface area (Å²) in [4.78, 5) is 17.5. The van der Waals surface area contributed by atoms with E-state index in [0.717, 1.165) is 56.0 Å². The molecule has 0 amide bonds. The van der Waals surface area contributed by atoms with Gasteiger partial charge in [-0.25, -0.2) is 9.97 Å². The molecular weight excluding hydrogens is 328 g/mol. The molecule has 0 unspecified atom stereocenters. The van der Waals surface area contributed by atoms with E-state index in [4.69, 9.17) is 0 Å². The Morgan fingerprint density at radius 1 is 0.962 bits per heavy atom. The molecule has 3 heterocycles. The van der Waals surface area contributed by atoms with Crippen molar-refractivity contribution in [1.29, 1.82) is 0 Å². The van der Waals surface area contributed by atoms with E-state index in [0.29, 0.717) is 0 Å². The molecule has 4 rings (SSSR count). The van der Waals surface area contributed by atoms with Gasteiger partial charge in [-0.05, 0) is 18.2 Å². The molecule has 0 aliphatic carbocycles. The summed E-state index contributed by atoms with van der Waals surface area (Å²) in [6, 6.07) is 6.47. The molecule has 1 saturated heterocycles. The van der Waals surface area contributed by atoms with Gasteiger partial charge in [-0.15, -0.1) is 0 Å². The van der Waals surface area contributed by atoms with E-state index >= 15 is 0 Å². The van der Waals surface area contributed by atoms with Gasteiger partial charge in [-0.2, -0.15) is 15.0 Å². The smallest absolute Gasteiger partial charge is 0.139 e. The summed E-state index contributed by atoms with van der Waals surface area (Å²) < 4.78 is 0. The first-order valence-corrected chi connectivity index (χ1v) is 8.94. The second-order valence-corrected chi connectivity index (χ2v) is 6.75. The molecule has 1 aliphatic rings. The van der Waals surface area contributed by atoms with E-state index in [-0.39, 0.29) is 0 Å². The average Bonchev–Trinajstić information content (AvgIpc) is 3.19. The number of hydrogen-bond donors (Lipinski definition) is 0. The topological polar surface area (TPSA) is 66.2 Å². The second kappa shape index (κ2) is 7.25. The SMILES string of the molecule is CN(C)c1ncnc2ccc(N3CCN(CCn4nccn4)CC3)cc12. The highest BCUT2D eigenvalue weighted by Crippen LogP contribution is 2.27. The molecule has 0 saturated carbocycles. The fourth-order valence-corrected chi connectivity index (χ4v) is 3.40. The van der Waals surface area contributed by atoms with Gasteiger partial charge in [0.1, 0.15) is 12.1 Å². The van der Waals surface area contributed by atoms with Crippen LogP contribution in [0.1, 0.15) is 0 Å². The molecule has 0 atom stereocenters. The number of nitrogens with zero attached hydrogens (tertiary/aromatic N) is 8. The number of aromatic nitrogens is 5. The van der Waals surface area contributed by atoms with Gasteiger partial charge < -0.3 is 9.80 Å². The summed E-state index contributed by atoms with van der Waals surface area (Å²) in [5.41, 5.74) is 2.22. The van der Waals surface area contributed by atoms with Gasteiger partial charge in [-0.3, -0.25) is 4.90 Å². The van der Waals surface area contributed by atoms with Gasteiger partial charge in [-0.1, -0.05) is 0 Å². The van der Waals surface area contributed by atoms with Crippen LogP contribution in [0.25, 0.3) is 10.9 Å². The third-order valence-corrected chi connectivity index (χ3v) is 4.84. The fraction of sp³-hybridized carbons (Fsp3) is 0.444. The zero-order valence-electron chi connectivity index (χ0n) is 15.3. The maximum Gasteiger partial charge on any atom is 0.139 e. The third kappa shape index (κ3) is 3.45. The van der Waals surface area contributed by atoms with E-state index in [1.165, 1.54) is 5.69 Å². The van der Waals surface area contributed by atoms with Crippen LogP contribution in [0, 0.1) is 0 Å². The number of rotatable bonds is 5. The number of benzene rings is 1. The Labute approximate surface area is 153 Å². The molecule has 0 bridgehead atoms. The Hall–Kier alpha value is -2.74. The quantitative estimate of drug-likeness (QED) is 0.681. The highest BCUT2D eigenvalue weighted by molar-refractivity contribution is 5.91. The number of piperazine rings is 1. The minimum atomic E-state index is 0.840. The predicted molar refractivity (Wildman–Crippen MR) is 103 cm³/mol. The van der Waals surface area contributed by atoms with Gasteiger partial charge in [0.25, 0.3) is 0 Å². The molecule has 3 aromatic rings. The first-order chi connectivity index (χ1) is 12.7. The predicted octanol–water partition coefficient (Wildman–Crippen LogP) is 1.11. The zero-order chi connectivity index (χ0) is 17.9. The van der Waals surface area contributed by atoms with E-state index in [2.05, 4.69) is 48.2 Å². The Bertz CT molecular complexity index is 853. The molecule has 0 spiro atoms. The highest BCUT2D eigenvalue weighted by atomic mass is 15.5. The largest absolute Gasteiger partial charge is 0.369 e. The van der Waals surface area contributed by atoms with Gasteiger partial charge >= 0.3 is 0 Å². The Balaban J connectivity index is 1.43. The zero-order valence-corrected chi connectivity index (χ0v) is 15.3. The number of hydrogen-bond acceptors (Lipinski definition) is 7. The van der Waals surface area contributed by atoms with Crippen molar-refractivity contribution in [3.63, 3.8) is 0 Å². The third-order valence-electron chi connectivity index (χ3n) is 4.84. The van der Waals surface area contributed by atoms with E-state index < -0.39 is 0 Å². The summed E-state index contributed by atoms with van der Waals surface area (Å²) in [7, 11) is 4.03. The molecular formula is C18H24N8. The molecule has 1 fully saturated rings. The standard InChI is InChI=1S/C18H24N8/c1-23(2)18-16-13-15(3-4-17(16)19-14-20-18)25-10-7-24(8-11-25)9-12-26-21-5-6-22-26/h3-6,13-14H,7-12H2,1-2H3. The molecule has 1 aliphatic heterocycles. The van der Waals surface area contributed by atoms with Gasteiger partial charge in [0.2, 0.25) is 0 Å². The first-order valence-electron chi connectivity index (χ1n) is 8.94. The molecule has 8 heteroatoms. The van der Waals surface area contributed by atoms with Gasteiger partial charge in [0, 0.05) is 57.9 Å². The maximum absolute atomic E-state index is 4.43. The lowest BCUT2D eigenvalue weighted by Gasteiger charge is -2.36. The van der Waals surface area contributed by atoms with Crippen LogP contribution in [0.15, 0.2) is 36.9 Å². The van der Waals surface area contributed by atoms with Crippen molar-refractivity contribution in [1.82, 2.24) is 29.9 Å². The summed E-state index contributed by atoms with van der Waals surface area (Å²) in [6.45, 7) is 5.95. The lowest BCUT2D eigenvalue weighted by atomic mass is 10.1. The monoisotopic (exact) mass is 352 g/mol. The van der Waals surface area contributed by atoms with Crippen LogP contribution in [0.2, 0.25) is 0 Å². The molecule has 0 radical (unpaired) electrons. The molecule has 136 valence electrons. The van der Waals surface area contributed by atoms with Crippen LogP contribution in [0.3, 0.4) is 0 Å². The van der Waals surface area contributed by atoms with E-state index in [1.807, 2.05) is 19.0 Å². The van der Waals surface area contributed by atoms with Crippen molar-refractivity contribution in [3.8, 4) is 0 Å². The molecule has 2 aromatic heterocycles. The van der Waals surface area contributed by atoms with E-state index in [9.17, 15) is 0 Å². The van der Waals surface area contributed by atoms with Crippen LogP contribution in [0.5, 0.6) is 0 Å². The van der Waals surface area contributed by atoms with Gasteiger partial charge in [0.15, 0.2) is 0 Å². The van der Waals surface area contributed by atoms with Crippen LogP contribution in [0.4, 0.5) is 11.5 Å². The molecule has 0 N–H and O–H groups in total. The number of anilines is 2. The van der Waals surface area contributed by atoms with Crippen molar-refractivity contribution in [2.75, 3.05) is 56.6 Å². The van der Waals surface area contributed by atoms with Crippen molar-refractivity contribution in [3.05, 3.63) is 36.9 Å². The highest BCUT2D eigenvalue weighted by Gasteiger charge is 2.18. The van der Waals surface area contributed by atoms with Crippen molar-refractivity contribution >= 4 is 22.4 Å².